The number of hydrogen-bond donors (Lipinski definition) is 0. The van der Waals surface area contributed by atoms with Gasteiger partial charge in [0.15, 0.2) is 0 Å². The topological polar surface area (TPSA) is 51.7 Å². The van der Waals surface area contributed by atoms with Crippen LogP contribution in [0.1, 0.15) is 16.1 Å². The van der Waals surface area contributed by atoms with E-state index < -0.39 is 0 Å². The van der Waals surface area contributed by atoms with Gasteiger partial charge in [-0.15, -0.1) is 11.3 Å². The van der Waals surface area contributed by atoms with E-state index in [9.17, 15) is 4.79 Å². The fourth-order valence-corrected chi connectivity index (χ4v) is 3.67. The van der Waals surface area contributed by atoms with Gasteiger partial charge in [-0.05, 0) is 25.0 Å². The third kappa shape index (κ3) is 3.53. The lowest BCUT2D eigenvalue weighted by Gasteiger charge is -2.28. The molecule has 2 heterocycles. The summed E-state index contributed by atoms with van der Waals surface area (Å²) in [6, 6.07) is 5.77. The van der Waals surface area contributed by atoms with Crippen molar-refractivity contribution in [2.45, 2.75) is 19.8 Å². The number of carbonyl (C=O) groups excluding carboxylic acids is 1. The average molecular weight is 346 g/mol. The van der Waals surface area contributed by atoms with Crippen molar-refractivity contribution < 1.29 is 14.3 Å². The molecule has 24 heavy (non-hydrogen) atoms. The van der Waals surface area contributed by atoms with E-state index in [1.165, 1.54) is 4.88 Å². The van der Waals surface area contributed by atoms with Crippen molar-refractivity contribution in [1.82, 2.24) is 9.88 Å². The third-order valence-electron chi connectivity index (χ3n) is 4.43. The molecule has 6 heteroatoms. The Morgan fingerprint density at radius 1 is 1.50 bits per heavy atom. The van der Waals surface area contributed by atoms with Gasteiger partial charge >= 0.3 is 0 Å². The van der Waals surface area contributed by atoms with Gasteiger partial charge < -0.3 is 14.4 Å². The highest BCUT2D eigenvalue weighted by Gasteiger charge is 2.28. The van der Waals surface area contributed by atoms with Crippen molar-refractivity contribution in [2.24, 2.45) is 5.92 Å². The molecule has 0 radical (unpaired) electrons. The fourth-order valence-electron chi connectivity index (χ4n) is 2.90. The van der Waals surface area contributed by atoms with E-state index in [1.54, 1.807) is 18.4 Å². The molecule has 0 bridgehead atoms. The number of methoxy groups -OCH3 is 1. The number of likely N-dealkylation sites (N-methyl/N-ethyl adjacent to an activating group) is 1. The minimum atomic E-state index is -0.126. The van der Waals surface area contributed by atoms with E-state index in [4.69, 9.17) is 9.47 Å². The molecule has 1 aromatic carbocycles. The Hall–Kier alpha value is -2.08. The summed E-state index contributed by atoms with van der Waals surface area (Å²) >= 11 is 1.65. The van der Waals surface area contributed by atoms with Crippen LogP contribution in [-0.2, 0) is 17.6 Å². The second-order valence-electron chi connectivity index (χ2n) is 6.06. The van der Waals surface area contributed by atoms with Crippen LogP contribution in [0.3, 0.4) is 0 Å². The molecule has 0 saturated heterocycles. The highest BCUT2D eigenvalue weighted by atomic mass is 32.1. The second-order valence-corrected chi connectivity index (χ2v) is 7.00. The zero-order valence-corrected chi connectivity index (χ0v) is 15.1. The van der Waals surface area contributed by atoms with Crippen molar-refractivity contribution in [3.8, 4) is 11.5 Å². The molecule has 2 aromatic rings. The van der Waals surface area contributed by atoms with Gasteiger partial charge in [0, 0.05) is 31.0 Å². The Bertz CT molecular complexity index is 729. The molecule has 1 aliphatic rings. The minimum absolute atomic E-state index is 0.126. The maximum atomic E-state index is 12.7. The predicted molar refractivity (Wildman–Crippen MR) is 93.9 cm³/mol. The summed E-state index contributed by atoms with van der Waals surface area (Å²) in [4.78, 5) is 20.0. The quantitative estimate of drug-likeness (QED) is 0.835. The van der Waals surface area contributed by atoms with Crippen LogP contribution in [0.25, 0.3) is 0 Å². The summed E-state index contributed by atoms with van der Waals surface area (Å²) in [6.45, 7) is 3.13. The number of thiazole rings is 1. The van der Waals surface area contributed by atoms with Gasteiger partial charge in [0.2, 0.25) is 5.91 Å². The Morgan fingerprint density at radius 3 is 3.04 bits per heavy atom. The highest BCUT2D eigenvalue weighted by Crippen LogP contribution is 2.31. The van der Waals surface area contributed by atoms with E-state index in [1.807, 2.05) is 42.6 Å². The van der Waals surface area contributed by atoms with Gasteiger partial charge in [-0.25, -0.2) is 4.98 Å². The minimum Gasteiger partial charge on any atom is -0.497 e. The van der Waals surface area contributed by atoms with Crippen LogP contribution in [0.15, 0.2) is 23.7 Å². The van der Waals surface area contributed by atoms with Crippen LogP contribution in [0.2, 0.25) is 0 Å². The number of benzene rings is 1. The maximum Gasteiger partial charge on any atom is 0.229 e. The van der Waals surface area contributed by atoms with Crippen molar-refractivity contribution >= 4 is 17.2 Å². The highest BCUT2D eigenvalue weighted by molar-refractivity contribution is 7.09. The molecule has 1 aliphatic heterocycles. The Morgan fingerprint density at radius 2 is 2.33 bits per heavy atom. The van der Waals surface area contributed by atoms with Crippen LogP contribution >= 0.6 is 11.3 Å². The lowest BCUT2D eigenvalue weighted by Crippen LogP contribution is -2.39. The van der Waals surface area contributed by atoms with Crippen molar-refractivity contribution in [1.29, 1.82) is 0 Å². The van der Waals surface area contributed by atoms with Crippen LogP contribution in [0, 0.1) is 12.8 Å². The number of rotatable bonds is 5. The molecule has 0 aliphatic carbocycles. The van der Waals surface area contributed by atoms with Crippen molar-refractivity contribution in [3.63, 3.8) is 0 Å². The Labute approximate surface area is 146 Å². The van der Waals surface area contributed by atoms with Crippen LogP contribution in [0.5, 0.6) is 11.5 Å². The number of aryl methyl sites for hydroxylation is 1. The van der Waals surface area contributed by atoms with E-state index >= 15 is 0 Å². The molecule has 1 aromatic heterocycles. The maximum absolute atomic E-state index is 12.7. The predicted octanol–water partition coefficient (Wildman–Crippen LogP) is 2.71. The van der Waals surface area contributed by atoms with Crippen LogP contribution in [-0.4, -0.2) is 43.1 Å². The number of fused-ring (bicyclic) bond motifs is 1. The summed E-state index contributed by atoms with van der Waals surface area (Å²) in [6.07, 6.45) is 1.56. The van der Waals surface area contributed by atoms with E-state index in [0.29, 0.717) is 19.6 Å². The van der Waals surface area contributed by atoms with Crippen LogP contribution in [0.4, 0.5) is 0 Å². The third-order valence-corrected chi connectivity index (χ3v) is 5.42. The van der Waals surface area contributed by atoms with Crippen molar-refractivity contribution in [3.05, 3.63) is 39.8 Å². The number of carbonyl (C=O) groups is 1. The summed E-state index contributed by atoms with van der Waals surface area (Å²) in [5.41, 5.74) is 3.98. The van der Waals surface area contributed by atoms with Gasteiger partial charge in [-0.2, -0.15) is 0 Å². The molecule has 0 fully saturated rings. The number of nitrogens with zero attached hydrogens (tertiary/aromatic N) is 2. The smallest absolute Gasteiger partial charge is 0.229 e. The zero-order chi connectivity index (χ0) is 17.1. The molecule has 0 unspecified atom stereocenters. The first-order valence-corrected chi connectivity index (χ1v) is 8.90. The van der Waals surface area contributed by atoms with E-state index in [2.05, 4.69) is 4.98 Å². The number of aromatic nitrogens is 1. The molecule has 0 N–H and O–H groups in total. The lowest BCUT2D eigenvalue weighted by atomic mass is 9.95. The number of ether oxygens (including phenoxy) is 2. The van der Waals surface area contributed by atoms with E-state index in [-0.39, 0.29) is 11.8 Å². The van der Waals surface area contributed by atoms with E-state index in [0.717, 1.165) is 29.2 Å². The first kappa shape index (κ1) is 16.8. The molecule has 128 valence electrons. The fraction of sp³-hybridized carbons (Fsp3) is 0.444. The van der Waals surface area contributed by atoms with Gasteiger partial charge in [0.25, 0.3) is 0 Å². The Kier molecular flexibility index (Phi) is 5.04. The number of hydrogen-bond acceptors (Lipinski definition) is 5. The monoisotopic (exact) mass is 346 g/mol. The standard InChI is InChI=1S/C18H22N2O3S/c1-12-17(24-11-19-12)6-7-20(2)18(21)14-8-13-4-5-15(22-3)9-16(13)23-10-14/h4-5,9,11,14H,6-8,10H2,1-3H3/t14-/m1/s1. The van der Waals surface area contributed by atoms with Crippen molar-refractivity contribution in [2.75, 3.05) is 27.3 Å². The molecular formula is C18H22N2O3S. The molecular weight excluding hydrogens is 324 g/mol. The largest absolute Gasteiger partial charge is 0.497 e. The molecule has 0 saturated carbocycles. The van der Waals surface area contributed by atoms with Gasteiger partial charge in [0.05, 0.1) is 24.2 Å². The summed E-state index contributed by atoms with van der Waals surface area (Å²) < 4.78 is 11.0. The SMILES string of the molecule is COc1ccc2c(c1)OC[C@H](C(=O)N(C)CCc1scnc1C)C2. The Balaban J connectivity index is 1.60. The molecule has 5 nitrogen and oxygen atoms in total. The van der Waals surface area contributed by atoms with Crippen LogP contribution < -0.4 is 9.47 Å². The molecule has 3 rings (SSSR count). The summed E-state index contributed by atoms with van der Waals surface area (Å²) in [5, 5.41) is 0. The second kappa shape index (κ2) is 7.21. The van der Waals surface area contributed by atoms with Gasteiger partial charge in [-0.3, -0.25) is 4.79 Å². The molecule has 1 atom stereocenters. The zero-order valence-electron chi connectivity index (χ0n) is 14.2. The number of amides is 1. The summed E-state index contributed by atoms with van der Waals surface area (Å²) in [5.74, 6) is 1.61. The first-order chi connectivity index (χ1) is 11.6. The lowest BCUT2D eigenvalue weighted by molar-refractivity contribution is -0.135. The van der Waals surface area contributed by atoms with Gasteiger partial charge in [0.1, 0.15) is 18.1 Å². The first-order valence-electron chi connectivity index (χ1n) is 8.02. The normalized spacial score (nSPS) is 16.2. The molecule has 1 amide bonds. The average Bonchev–Trinajstić information content (AvgIpc) is 3.03. The van der Waals surface area contributed by atoms with Gasteiger partial charge in [-0.1, -0.05) is 6.07 Å². The molecule has 0 spiro atoms. The summed E-state index contributed by atoms with van der Waals surface area (Å²) in [7, 11) is 3.50.